The number of nitrogens with one attached hydrogen (secondary N) is 1. The first-order valence-corrected chi connectivity index (χ1v) is 14.4. The largest absolute Gasteiger partial charge is 0.494 e. The molecular formula is C32H30N2O3S2. The van der Waals surface area contributed by atoms with Crippen LogP contribution < -0.4 is 10.1 Å². The summed E-state index contributed by atoms with van der Waals surface area (Å²) in [5.74, 6) is 0.719. The summed E-state index contributed by atoms with van der Waals surface area (Å²) in [6.45, 7) is 3.10. The smallest absolute Gasteiger partial charge is 0.266 e. The first kappa shape index (κ1) is 26.9. The normalized spacial score (nSPS) is 14.5. The van der Waals surface area contributed by atoms with E-state index in [0.29, 0.717) is 28.8 Å². The molecule has 0 saturated carbocycles. The summed E-state index contributed by atoms with van der Waals surface area (Å²) in [5.41, 5.74) is 1.80. The van der Waals surface area contributed by atoms with E-state index in [2.05, 4.69) is 35.6 Å². The average molecular weight is 555 g/mol. The van der Waals surface area contributed by atoms with Crippen molar-refractivity contribution < 1.29 is 14.3 Å². The zero-order valence-electron chi connectivity index (χ0n) is 21.8. The van der Waals surface area contributed by atoms with Crippen LogP contribution in [0.1, 0.15) is 38.2 Å². The van der Waals surface area contributed by atoms with Crippen LogP contribution in [0.15, 0.2) is 83.8 Å². The first-order valence-electron chi connectivity index (χ1n) is 13.2. The molecule has 2 amide bonds. The summed E-state index contributed by atoms with van der Waals surface area (Å²) in [4.78, 5) is 28.0. The lowest BCUT2D eigenvalue weighted by Gasteiger charge is -2.14. The molecule has 0 atom stereocenters. The van der Waals surface area contributed by atoms with Gasteiger partial charge < -0.3 is 10.1 Å². The molecule has 1 heterocycles. The first-order chi connectivity index (χ1) is 19.0. The Kier molecular flexibility index (Phi) is 8.59. The number of unbranched alkanes of at least 4 members (excludes halogenated alkanes) is 2. The fourth-order valence-corrected chi connectivity index (χ4v) is 6.08. The molecule has 198 valence electrons. The van der Waals surface area contributed by atoms with Crippen molar-refractivity contribution in [1.29, 1.82) is 0 Å². The maximum absolute atomic E-state index is 13.3. The third-order valence-corrected chi connectivity index (χ3v) is 8.07. The molecule has 5 nitrogen and oxygen atoms in total. The molecule has 0 unspecified atom stereocenters. The lowest BCUT2D eigenvalue weighted by molar-refractivity contribution is -0.122. The fourth-order valence-electron chi connectivity index (χ4n) is 4.79. The number of amides is 2. The number of rotatable bonds is 10. The third kappa shape index (κ3) is 6.32. The van der Waals surface area contributed by atoms with E-state index in [-0.39, 0.29) is 11.8 Å². The predicted molar refractivity (Wildman–Crippen MR) is 166 cm³/mol. The van der Waals surface area contributed by atoms with Crippen molar-refractivity contribution in [2.75, 3.05) is 18.5 Å². The van der Waals surface area contributed by atoms with Crippen molar-refractivity contribution in [3.63, 3.8) is 0 Å². The van der Waals surface area contributed by atoms with Crippen LogP contribution in [0, 0.1) is 0 Å². The van der Waals surface area contributed by atoms with Gasteiger partial charge in [-0.2, -0.15) is 0 Å². The molecule has 0 aromatic heterocycles. The van der Waals surface area contributed by atoms with E-state index in [1.54, 1.807) is 4.90 Å². The molecule has 5 rings (SSSR count). The maximum Gasteiger partial charge on any atom is 0.266 e. The van der Waals surface area contributed by atoms with Crippen molar-refractivity contribution in [1.82, 2.24) is 4.90 Å². The number of thiocarbonyl (C=S) groups is 1. The summed E-state index contributed by atoms with van der Waals surface area (Å²) in [5, 5.41) is 7.44. The molecule has 1 fully saturated rings. The molecule has 7 heteroatoms. The van der Waals surface area contributed by atoms with Gasteiger partial charge in [-0.3, -0.25) is 14.5 Å². The van der Waals surface area contributed by atoms with Crippen LogP contribution in [0.4, 0.5) is 5.69 Å². The Balaban J connectivity index is 1.17. The van der Waals surface area contributed by atoms with Gasteiger partial charge in [0.2, 0.25) is 5.91 Å². The molecule has 1 N–H and O–H groups in total. The Bertz CT molecular complexity index is 1510. The topological polar surface area (TPSA) is 58.6 Å². The molecule has 4 aromatic rings. The van der Waals surface area contributed by atoms with Crippen molar-refractivity contribution in [2.45, 2.75) is 32.6 Å². The van der Waals surface area contributed by atoms with Gasteiger partial charge in [0.1, 0.15) is 10.1 Å². The van der Waals surface area contributed by atoms with Crippen molar-refractivity contribution in [3.05, 3.63) is 89.3 Å². The minimum absolute atomic E-state index is 0.0185. The second-order valence-corrected chi connectivity index (χ2v) is 11.1. The summed E-state index contributed by atoms with van der Waals surface area (Å²) in [6.07, 6.45) is 4.79. The quantitative estimate of drug-likeness (QED) is 0.0938. The number of benzene rings is 4. The van der Waals surface area contributed by atoms with Crippen molar-refractivity contribution in [3.8, 4) is 5.75 Å². The minimum atomic E-state index is -0.0461. The number of carbonyl (C=O) groups is 2. The van der Waals surface area contributed by atoms with Crippen LogP contribution in [-0.4, -0.2) is 34.2 Å². The number of hydrogen-bond acceptors (Lipinski definition) is 5. The lowest BCUT2D eigenvalue weighted by Crippen LogP contribution is -2.29. The number of fused-ring (bicyclic) bond motifs is 2. The predicted octanol–water partition coefficient (Wildman–Crippen LogP) is 7.79. The molecule has 0 radical (unpaired) electrons. The number of hydrogen-bond donors (Lipinski definition) is 1. The van der Waals surface area contributed by atoms with Crippen LogP contribution in [0.25, 0.3) is 27.6 Å². The molecule has 4 aromatic carbocycles. The van der Waals surface area contributed by atoms with Gasteiger partial charge in [0.05, 0.1) is 11.5 Å². The highest BCUT2D eigenvalue weighted by atomic mass is 32.2. The molecular weight excluding hydrogens is 524 g/mol. The molecule has 1 aliphatic heterocycles. The van der Waals surface area contributed by atoms with E-state index in [1.165, 1.54) is 11.8 Å². The van der Waals surface area contributed by atoms with Crippen LogP contribution >= 0.6 is 24.0 Å². The zero-order chi connectivity index (χ0) is 27.2. The van der Waals surface area contributed by atoms with E-state index >= 15 is 0 Å². The van der Waals surface area contributed by atoms with Crippen LogP contribution in [0.3, 0.4) is 0 Å². The van der Waals surface area contributed by atoms with Gasteiger partial charge in [0.25, 0.3) is 5.91 Å². The minimum Gasteiger partial charge on any atom is -0.494 e. The number of carbonyl (C=O) groups excluding carboxylic acids is 2. The monoisotopic (exact) mass is 554 g/mol. The molecule has 0 spiro atoms. The summed E-state index contributed by atoms with van der Waals surface area (Å²) in [7, 11) is 0. The van der Waals surface area contributed by atoms with Gasteiger partial charge >= 0.3 is 0 Å². The molecule has 1 aliphatic rings. The number of anilines is 1. The summed E-state index contributed by atoms with van der Waals surface area (Å²) >= 11 is 6.94. The highest BCUT2D eigenvalue weighted by Gasteiger charge is 2.31. The highest BCUT2D eigenvalue weighted by molar-refractivity contribution is 8.26. The van der Waals surface area contributed by atoms with Gasteiger partial charge in [0.15, 0.2) is 0 Å². The van der Waals surface area contributed by atoms with E-state index in [1.807, 2.05) is 61.5 Å². The van der Waals surface area contributed by atoms with Gasteiger partial charge in [-0.05, 0) is 83.3 Å². The van der Waals surface area contributed by atoms with Gasteiger partial charge in [-0.25, -0.2) is 0 Å². The fraction of sp³-hybridized carbons (Fsp3) is 0.219. The van der Waals surface area contributed by atoms with Gasteiger partial charge in [0, 0.05) is 18.7 Å². The van der Waals surface area contributed by atoms with Crippen LogP contribution in [0.5, 0.6) is 5.75 Å². The highest BCUT2D eigenvalue weighted by Crippen LogP contribution is 2.36. The second kappa shape index (κ2) is 12.5. The Labute approximate surface area is 238 Å². The van der Waals surface area contributed by atoms with Gasteiger partial charge in [-0.1, -0.05) is 78.9 Å². The second-order valence-electron chi connectivity index (χ2n) is 9.38. The van der Waals surface area contributed by atoms with E-state index in [4.69, 9.17) is 17.0 Å². The lowest BCUT2D eigenvalue weighted by atomic mass is 9.96. The molecule has 39 heavy (non-hydrogen) atoms. The zero-order valence-corrected chi connectivity index (χ0v) is 23.4. The standard InChI is InChI=1S/C32H30N2O3S2/c1-2-37-25-17-15-24(16-18-25)33-30(35)14-4-3-9-19-34-31(36)29(39-32(34)38)21-28-26-12-7-5-10-22(26)20-23-11-6-8-13-27(23)28/h5-8,10-13,15-18,20-21H,2-4,9,14,19H2,1H3,(H,33,35)/b29-21-. The summed E-state index contributed by atoms with van der Waals surface area (Å²) in [6, 6.07) is 26.1. The van der Waals surface area contributed by atoms with Crippen molar-refractivity contribution >= 4 is 73.4 Å². The van der Waals surface area contributed by atoms with E-state index in [0.717, 1.165) is 57.8 Å². The molecule has 0 bridgehead atoms. The summed E-state index contributed by atoms with van der Waals surface area (Å²) < 4.78 is 6.02. The molecule has 1 saturated heterocycles. The SMILES string of the molecule is CCOc1ccc(NC(=O)CCCCCN2C(=O)/C(=C/c3c4ccccc4cc4ccccc34)SC2=S)cc1. The Hall–Kier alpha value is -3.68. The number of nitrogens with zero attached hydrogens (tertiary/aromatic N) is 1. The van der Waals surface area contributed by atoms with Crippen molar-refractivity contribution in [2.24, 2.45) is 0 Å². The third-order valence-electron chi connectivity index (χ3n) is 6.70. The molecule has 0 aliphatic carbocycles. The van der Waals surface area contributed by atoms with E-state index in [9.17, 15) is 9.59 Å². The Morgan fingerprint density at radius 1 is 0.949 bits per heavy atom. The van der Waals surface area contributed by atoms with E-state index < -0.39 is 0 Å². The van der Waals surface area contributed by atoms with Crippen LogP contribution in [0.2, 0.25) is 0 Å². The average Bonchev–Trinajstić information content (AvgIpc) is 3.21. The Morgan fingerprint density at radius 2 is 1.62 bits per heavy atom. The van der Waals surface area contributed by atoms with Crippen LogP contribution in [-0.2, 0) is 9.59 Å². The van der Waals surface area contributed by atoms with Gasteiger partial charge in [-0.15, -0.1) is 0 Å². The Morgan fingerprint density at radius 3 is 2.28 bits per heavy atom. The number of ether oxygens (including phenoxy) is 1. The maximum atomic E-state index is 13.3. The number of thioether (sulfide) groups is 1.